The number of nitrogens with two attached hydrogens (primary N) is 1. The molecule has 0 bridgehead atoms. The van der Waals surface area contributed by atoms with Crippen LogP contribution in [-0.2, 0) is 54.6 Å². The predicted molar refractivity (Wildman–Crippen MR) is 218 cm³/mol. The first-order valence-electron chi connectivity index (χ1n) is 17.9. The standard InChI is InChI=1S/C14H15ClFNO4S.C14H16ClNO4S.C9H9ClFNO4S/c1-13(2,3)12-17-9-5-4-8(15)11(10(9)21-12)22(18,19)14(16)6-20-7-14;1-14(2,3)13-16-10-5-4-9(15)12(11(10)20-13)21(17,18)8-6-19-7-8;10-5-1-2-6(12)7(13)8(5)17(14,15)9(11)3-16-4-9/h4-5H,6-7H2,1-3H3;4-5,8H,6-7H2,1-3H3;1-2,13H,3-4,12H2. The van der Waals surface area contributed by atoms with E-state index in [9.17, 15) is 39.1 Å². The number of nitrogens with zero attached hydrogens (tertiary/aromatic N) is 2. The minimum Gasteiger partial charge on any atom is -0.504 e. The summed E-state index contributed by atoms with van der Waals surface area (Å²) in [6.45, 7) is 9.68. The topological polar surface area (TPSA) is 228 Å². The maximum Gasteiger partial charge on any atom is 0.261 e. The molecule has 15 nitrogen and oxygen atoms in total. The highest BCUT2D eigenvalue weighted by Gasteiger charge is 2.55. The van der Waals surface area contributed by atoms with Crippen molar-refractivity contribution >= 4 is 92.2 Å². The van der Waals surface area contributed by atoms with E-state index in [1.54, 1.807) is 18.2 Å². The number of alkyl halides is 2. The molecule has 2 aromatic heterocycles. The molecular formula is C37H40Cl3F2N3O12S3. The lowest BCUT2D eigenvalue weighted by Gasteiger charge is -2.33. The van der Waals surface area contributed by atoms with Gasteiger partial charge in [-0.2, -0.15) is 0 Å². The van der Waals surface area contributed by atoms with E-state index >= 15 is 0 Å². The van der Waals surface area contributed by atoms with Gasteiger partial charge in [0.1, 0.15) is 31.0 Å². The summed E-state index contributed by atoms with van der Waals surface area (Å²) in [4.78, 5) is 7.64. The van der Waals surface area contributed by atoms with Gasteiger partial charge >= 0.3 is 0 Å². The van der Waals surface area contributed by atoms with E-state index in [2.05, 4.69) is 14.7 Å². The number of aromatic hydroxyl groups is 1. The van der Waals surface area contributed by atoms with Gasteiger partial charge in [-0.1, -0.05) is 76.3 Å². The van der Waals surface area contributed by atoms with Crippen molar-refractivity contribution in [2.75, 3.05) is 45.4 Å². The van der Waals surface area contributed by atoms with Gasteiger partial charge in [0, 0.05) is 10.8 Å². The Morgan fingerprint density at radius 2 is 1.03 bits per heavy atom. The normalized spacial score (nSPS) is 18.1. The number of sulfone groups is 3. The van der Waals surface area contributed by atoms with Crippen LogP contribution in [0.4, 0.5) is 14.5 Å². The molecule has 0 saturated carbocycles. The molecule has 3 aliphatic heterocycles. The number of nitrogen functional groups attached to an aromatic ring is 1. The fourth-order valence-electron chi connectivity index (χ4n) is 5.62. The third kappa shape index (κ3) is 8.07. The van der Waals surface area contributed by atoms with Gasteiger partial charge in [0.25, 0.3) is 10.0 Å². The Kier molecular flexibility index (Phi) is 12.1. The fraction of sp³-hybridized carbons (Fsp3) is 0.459. The third-order valence-corrected chi connectivity index (χ3v) is 17.1. The number of hydrogen-bond donors (Lipinski definition) is 2. The molecule has 328 valence electrons. The molecule has 3 N–H and O–H groups in total. The van der Waals surface area contributed by atoms with Crippen molar-refractivity contribution in [3.63, 3.8) is 0 Å². The van der Waals surface area contributed by atoms with Crippen molar-refractivity contribution < 1.29 is 62.2 Å². The largest absolute Gasteiger partial charge is 0.504 e. The van der Waals surface area contributed by atoms with Gasteiger partial charge in [-0.25, -0.2) is 44.0 Å². The lowest BCUT2D eigenvalue weighted by atomic mass is 9.97. The minimum absolute atomic E-state index is 0.0126. The minimum atomic E-state index is -4.44. The fourth-order valence-corrected chi connectivity index (χ4v) is 11.7. The van der Waals surface area contributed by atoms with E-state index in [0.717, 1.165) is 0 Å². The average molecular weight is 959 g/mol. The van der Waals surface area contributed by atoms with Crippen LogP contribution in [0.3, 0.4) is 0 Å². The van der Waals surface area contributed by atoms with E-state index in [1.807, 2.05) is 41.5 Å². The highest BCUT2D eigenvalue weighted by atomic mass is 35.5. The summed E-state index contributed by atoms with van der Waals surface area (Å²) in [7, 11) is -12.4. The Labute approximate surface area is 359 Å². The van der Waals surface area contributed by atoms with Crippen LogP contribution in [-0.4, -0.2) is 95.2 Å². The lowest BCUT2D eigenvalue weighted by molar-refractivity contribution is -0.0779. The van der Waals surface area contributed by atoms with Crippen LogP contribution in [0.2, 0.25) is 15.1 Å². The summed E-state index contributed by atoms with van der Waals surface area (Å²) in [5.41, 5.74) is 5.50. The van der Waals surface area contributed by atoms with Crippen molar-refractivity contribution in [2.45, 2.75) is 82.3 Å². The predicted octanol–water partition coefficient (Wildman–Crippen LogP) is 7.30. The molecule has 0 aliphatic carbocycles. The lowest BCUT2D eigenvalue weighted by Crippen LogP contribution is -2.51. The maximum atomic E-state index is 14.5. The molecule has 0 atom stereocenters. The first kappa shape index (κ1) is 46.2. The summed E-state index contributed by atoms with van der Waals surface area (Å²) < 4.78 is 128. The van der Waals surface area contributed by atoms with E-state index in [0.29, 0.717) is 22.8 Å². The Bertz CT molecular complexity index is 2830. The van der Waals surface area contributed by atoms with Gasteiger partial charge in [-0.15, -0.1) is 0 Å². The summed E-state index contributed by atoms with van der Waals surface area (Å²) in [6.07, 6.45) is 0. The number of anilines is 1. The van der Waals surface area contributed by atoms with Crippen molar-refractivity contribution in [3.8, 4) is 5.75 Å². The van der Waals surface area contributed by atoms with E-state index < -0.39 is 87.3 Å². The molecule has 23 heteroatoms. The second-order valence-corrected chi connectivity index (χ2v) is 23.9. The van der Waals surface area contributed by atoms with E-state index in [-0.39, 0.29) is 60.3 Å². The van der Waals surface area contributed by atoms with E-state index in [1.165, 1.54) is 18.2 Å². The van der Waals surface area contributed by atoms with Crippen molar-refractivity contribution in [1.29, 1.82) is 0 Å². The average Bonchev–Trinajstić information content (AvgIpc) is 3.72. The Morgan fingerprint density at radius 3 is 1.42 bits per heavy atom. The Morgan fingerprint density at radius 1 is 0.650 bits per heavy atom. The molecule has 3 aliphatic rings. The zero-order chi connectivity index (χ0) is 44.6. The number of halogens is 5. The molecule has 3 saturated heterocycles. The maximum absolute atomic E-state index is 14.5. The molecule has 60 heavy (non-hydrogen) atoms. The molecule has 8 rings (SSSR count). The number of oxazole rings is 2. The van der Waals surface area contributed by atoms with Crippen LogP contribution in [0, 0.1) is 0 Å². The summed E-state index contributed by atoms with van der Waals surface area (Å²) >= 11 is 17.8. The molecule has 0 radical (unpaired) electrons. The zero-order valence-electron chi connectivity index (χ0n) is 32.8. The van der Waals surface area contributed by atoms with Crippen molar-refractivity contribution in [3.05, 3.63) is 63.2 Å². The molecular weight excluding hydrogens is 919 g/mol. The number of fused-ring (bicyclic) bond motifs is 2. The SMILES string of the molecule is CC(C)(C)c1nc2ccc(Cl)c(S(=O)(=O)C3(F)COC3)c2o1.CC(C)(C)c1nc2ccc(Cl)c(S(=O)(=O)C3COC3)c2o1.Nc1ccc(Cl)c(S(=O)(=O)C2(F)COC2)c1O. The van der Waals surface area contributed by atoms with Gasteiger partial charge in [0.05, 0.1) is 60.4 Å². The molecule has 5 heterocycles. The molecule has 5 aromatic rings. The summed E-state index contributed by atoms with van der Waals surface area (Å²) in [5.74, 6) is 0.112. The molecule has 3 aromatic carbocycles. The number of rotatable bonds is 6. The Hall–Kier alpha value is -3.34. The summed E-state index contributed by atoms with van der Waals surface area (Å²) in [5, 5.41) is 3.80. The number of hydrogen-bond acceptors (Lipinski definition) is 15. The second kappa shape index (κ2) is 15.8. The Balaban J connectivity index is 0.000000152. The van der Waals surface area contributed by atoms with Crippen LogP contribution in [0.5, 0.6) is 5.75 Å². The van der Waals surface area contributed by atoms with Crippen LogP contribution in [0.25, 0.3) is 22.2 Å². The number of benzene rings is 3. The van der Waals surface area contributed by atoms with Crippen LogP contribution in [0.15, 0.2) is 59.9 Å². The first-order chi connectivity index (χ1) is 27.6. The molecule has 0 amide bonds. The number of phenolic OH excluding ortho intramolecular Hbond substituents is 1. The van der Waals surface area contributed by atoms with Gasteiger partial charge in [-0.3, -0.25) is 0 Å². The summed E-state index contributed by atoms with van der Waals surface area (Å²) in [6, 6.07) is 8.58. The third-order valence-electron chi connectivity index (χ3n) is 9.43. The monoisotopic (exact) mass is 957 g/mol. The van der Waals surface area contributed by atoms with E-state index in [4.69, 9.17) is 58.8 Å². The van der Waals surface area contributed by atoms with Crippen molar-refractivity contribution in [1.82, 2.24) is 9.97 Å². The van der Waals surface area contributed by atoms with Gasteiger partial charge < -0.3 is 33.9 Å². The molecule has 3 fully saturated rings. The highest BCUT2D eigenvalue weighted by Crippen LogP contribution is 2.44. The van der Waals surface area contributed by atoms with Crippen LogP contribution >= 0.6 is 34.8 Å². The van der Waals surface area contributed by atoms with Gasteiger partial charge in [0.15, 0.2) is 26.8 Å². The van der Waals surface area contributed by atoms with Crippen LogP contribution < -0.4 is 5.73 Å². The van der Waals surface area contributed by atoms with Gasteiger partial charge in [0.2, 0.25) is 31.5 Å². The van der Waals surface area contributed by atoms with Gasteiger partial charge in [-0.05, 0) is 36.4 Å². The second-order valence-electron chi connectivity index (χ2n) is 16.3. The highest BCUT2D eigenvalue weighted by molar-refractivity contribution is 7.93. The number of phenols is 1. The first-order valence-corrected chi connectivity index (χ1v) is 23.5. The molecule has 0 unspecified atom stereocenters. The quantitative estimate of drug-likeness (QED) is 0.126. The number of aromatic nitrogens is 2. The number of ether oxygens (including phenoxy) is 3. The smallest absolute Gasteiger partial charge is 0.261 e. The van der Waals surface area contributed by atoms with Crippen molar-refractivity contribution in [2.24, 2.45) is 0 Å². The van der Waals surface area contributed by atoms with Crippen LogP contribution in [0.1, 0.15) is 53.3 Å². The zero-order valence-corrected chi connectivity index (χ0v) is 37.5. The molecule has 0 spiro atoms.